The van der Waals surface area contributed by atoms with E-state index in [1.54, 1.807) is 22.7 Å². The molecule has 0 bridgehead atoms. The van der Waals surface area contributed by atoms with Crippen LogP contribution in [0.15, 0.2) is 23.7 Å². The van der Waals surface area contributed by atoms with Crippen LogP contribution < -0.4 is 0 Å². The van der Waals surface area contributed by atoms with E-state index in [-0.39, 0.29) is 11.0 Å². The lowest BCUT2D eigenvalue weighted by molar-refractivity contribution is 0.286. The molecule has 0 N–H and O–H groups in total. The number of hydrogen-bond acceptors (Lipinski definition) is 6. The van der Waals surface area contributed by atoms with Crippen LogP contribution in [0.5, 0.6) is 0 Å². The number of nitrogens with zero attached hydrogens (tertiary/aromatic N) is 2. The minimum Gasteiger partial charge on any atom is -0.297 e. The highest BCUT2D eigenvalue weighted by molar-refractivity contribution is 7.92. The van der Waals surface area contributed by atoms with Crippen molar-refractivity contribution in [2.75, 3.05) is 18.8 Å². The van der Waals surface area contributed by atoms with Gasteiger partial charge in [0.2, 0.25) is 0 Å². The van der Waals surface area contributed by atoms with Crippen LogP contribution in [0.25, 0.3) is 9.88 Å². The fourth-order valence-corrected chi connectivity index (χ4v) is 5.52. The van der Waals surface area contributed by atoms with E-state index >= 15 is 0 Å². The second kappa shape index (κ2) is 6.16. The van der Waals surface area contributed by atoms with Crippen molar-refractivity contribution in [2.45, 2.75) is 25.1 Å². The molecule has 0 radical (unpaired) electrons. The SMILES string of the molecule is C[C@@H]1CCN(Cc2cnc(-c3cccs3)s2)CCS1(=O)=O. The molecule has 3 heterocycles. The summed E-state index contributed by atoms with van der Waals surface area (Å²) < 4.78 is 23.8. The third-order valence-electron chi connectivity index (χ3n) is 3.82. The lowest BCUT2D eigenvalue weighted by Gasteiger charge is -2.17. The molecule has 0 saturated carbocycles. The first kappa shape index (κ1) is 15.1. The van der Waals surface area contributed by atoms with Crippen molar-refractivity contribution in [2.24, 2.45) is 0 Å². The number of thiophene rings is 1. The van der Waals surface area contributed by atoms with Crippen LogP contribution >= 0.6 is 22.7 Å². The van der Waals surface area contributed by atoms with Gasteiger partial charge >= 0.3 is 0 Å². The molecule has 1 saturated heterocycles. The van der Waals surface area contributed by atoms with E-state index in [1.165, 1.54) is 9.75 Å². The zero-order valence-corrected chi connectivity index (χ0v) is 14.3. The van der Waals surface area contributed by atoms with Gasteiger partial charge in [-0.15, -0.1) is 22.7 Å². The highest BCUT2D eigenvalue weighted by atomic mass is 32.2. The first-order valence-electron chi connectivity index (χ1n) is 6.97. The lowest BCUT2D eigenvalue weighted by atomic mass is 10.3. The van der Waals surface area contributed by atoms with Gasteiger partial charge in [-0.2, -0.15) is 0 Å². The highest BCUT2D eigenvalue weighted by Crippen LogP contribution is 2.29. The topological polar surface area (TPSA) is 50.3 Å². The van der Waals surface area contributed by atoms with E-state index < -0.39 is 9.84 Å². The predicted octanol–water partition coefficient (Wildman–Crippen LogP) is 2.88. The molecule has 0 amide bonds. The molecule has 0 aromatic carbocycles. The summed E-state index contributed by atoms with van der Waals surface area (Å²) in [5.74, 6) is 0.269. The highest BCUT2D eigenvalue weighted by Gasteiger charge is 2.26. The lowest BCUT2D eigenvalue weighted by Crippen LogP contribution is -2.26. The van der Waals surface area contributed by atoms with E-state index in [1.807, 2.05) is 19.2 Å². The number of hydrogen-bond donors (Lipinski definition) is 0. The molecule has 1 aliphatic heterocycles. The summed E-state index contributed by atoms with van der Waals surface area (Å²) in [5.41, 5.74) is 0. The van der Waals surface area contributed by atoms with Crippen LogP contribution in [-0.4, -0.2) is 42.4 Å². The van der Waals surface area contributed by atoms with Gasteiger partial charge in [-0.05, 0) is 31.3 Å². The molecule has 0 unspecified atom stereocenters. The molecule has 1 fully saturated rings. The zero-order valence-electron chi connectivity index (χ0n) is 11.9. The predicted molar refractivity (Wildman–Crippen MR) is 88.6 cm³/mol. The summed E-state index contributed by atoms with van der Waals surface area (Å²) in [4.78, 5) is 9.10. The third kappa shape index (κ3) is 3.53. The van der Waals surface area contributed by atoms with Crippen molar-refractivity contribution in [3.05, 3.63) is 28.6 Å². The third-order valence-corrected chi connectivity index (χ3v) is 8.06. The van der Waals surface area contributed by atoms with Gasteiger partial charge in [-0.3, -0.25) is 4.90 Å². The smallest absolute Gasteiger partial charge is 0.154 e. The van der Waals surface area contributed by atoms with Gasteiger partial charge in [-0.1, -0.05) is 6.07 Å². The molecule has 7 heteroatoms. The fourth-order valence-electron chi connectivity index (χ4n) is 2.39. The van der Waals surface area contributed by atoms with Crippen molar-refractivity contribution in [3.8, 4) is 9.88 Å². The Bertz CT molecular complexity index is 692. The molecule has 2 aromatic rings. The molecule has 1 aliphatic rings. The number of aromatic nitrogens is 1. The Kier molecular flexibility index (Phi) is 4.44. The van der Waals surface area contributed by atoms with Gasteiger partial charge < -0.3 is 0 Å². The summed E-state index contributed by atoms with van der Waals surface area (Å²) in [6, 6.07) is 4.11. The van der Waals surface area contributed by atoms with E-state index in [9.17, 15) is 8.42 Å². The van der Waals surface area contributed by atoms with Gasteiger partial charge in [0.25, 0.3) is 0 Å². The van der Waals surface area contributed by atoms with Crippen LogP contribution in [0.1, 0.15) is 18.2 Å². The molecule has 1 atom stereocenters. The second-order valence-electron chi connectivity index (χ2n) is 5.35. The average Bonchev–Trinajstić information content (AvgIpc) is 3.09. The monoisotopic (exact) mass is 342 g/mol. The van der Waals surface area contributed by atoms with Crippen LogP contribution in [0, 0.1) is 0 Å². The van der Waals surface area contributed by atoms with Crippen molar-refractivity contribution >= 4 is 32.5 Å². The van der Waals surface area contributed by atoms with Crippen LogP contribution in [0.3, 0.4) is 0 Å². The van der Waals surface area contributed by atoms with Crippen LogP contribution in [0.4, 0.5) is 0 Å². The Morgan fingerprint density at radius 2 is 2.29 bits per heavy atom. The van der Waals surface area contributed by atoms with Crippen molar-refractivity contribution < 1.29 is 8.42 Å². The molecule has 114 valence electrons. The molecule has 3 rings (SSSR count). The Morgan fingerprint density at radius 3 is 3.05 bits per heavy atom. The van der Waals surface area contributed by atoms with Crippen molar-refractivity contribution in [1.29, 1.82) is 0 Å². The van der Waals surface area contributed by atoms with E-state index in [0.29, 0.717) is 6.54 Å². The molecular formula is C14H18N2O2S3. The normalized spacial score (nSPS) is 23.0. The first-order chi connectivity index (χ1) is 10.0. The van der Waals surface area contributed by atoms with Crippen molar-refractivity contribution in [1.82, 2.24) is 9.88 Å². The van der Waals surface area contributed by atoms with E-state index in [0.717, 1.165) is 24.5 Å². The zero-order chi connectivity index (χ0) is 14.9. The Hall–Kier alpha value is -0.760. The molecule has 21 heavy (non-hydrogen) atoms. The second-order valence-corrected chi connectivity index (χ2v) is 9.95. The summed E-state index contributed by atoms with van der Waals surface area (Å²) in [7, 11) is -2.91. The number of sulfone groups is 1. The Morgan fingerprint density at radius 1 is 1.43 bits per heavy atom. The summed E-state index contributed by atoms with van der Waals surface area (Å²) >= 11 is 3.39. The van der Waals surface area contributed by atoms with Gasteiger partial charge in [0.15, 0.2) is 9.84 Å². The minimum absolute atomic E-state index is 0.217. The maximum atomic E-state index is 11.9. The summed E-state index contributed by atoms with van der Waals surface area (Å²) in [6.07, 6.45) is 2.64. The van der Waals surface area contributed by atoms with Gasteiger partial charge in [0.1, 0.15) is 5.01 Å². The van der Waals surface area contributed by atoms with Crippen LogP contribution in [0.2, 0.25) is 0 Å². The summed E-state index contributed by atoms with van der Waals surface area (Å²) in [5, 5.41) is 2.89. The van der Waals surface area contributed by atoms with Gasteiger partial charge in [-0.25, -0.2) is 13.4 Å². The largest absolute Gasteiger partial charge is 0.297 e. The fraction of sp³-hybridized carbons (Fsp3) is 0.500. The van der Waals surface area contributed by atoms with Crippen LogP contribution in [-0.2, 0) is 16.4 Å². The Labute approximate surface area is 133 Å². The molecule has 4 nitrogen and oxygen atoms in total. The van der Waals surface area contributed by atoms with E-state index in [4.69, 9.17) is 0 Å². The minimum atomic E-state index is -2.91. The standard InChI is InChI=1S/C14H18N2O2S3/c1-11-4-5-16(6-8-21(11,17)18)10-12-9-15-14(20-12)13-3-2-7-19-13/h2-3,7,9,11H,4-6,8,10H2,1H3/t11-/m1/s1. The maximum absolute atomic E-state index is 11.9. The average molecular weight is 343 g/mol. The molecular weight excluding hydrogens is 324 g/mol. The van der Waals surface area contributed by atoms with E-state index in [2.05, 4.69) is 21.3 Å². The molecule has 0 spiro atoms. The first-order valence-corrected chi connectivity index (χ1v) is 10.4. The Balaban J connectivity index is 1.67. The van der Waals surface area contributed by atoms with Gasteiger partial charge in [0.05, 0.1) is 15.9 Å². The van der Waals surface area contributed by atoms with Gasteiger partial charge in [0, 0.05) is 24.2 Å². The molecule has 0 aliphatic carbocycles. The molecule has 2 aromatic heterocycles. The van der Waals surface area contributed by atoms with Crippen molar-refractivity contribution in [3.63, 3.8) is 0 Å². The number of rotatable bonds is 3. The number of thiazole rings is 1. The maximum Gasteiger partial charge on any atom is 0.154 e. The summed E-state index contributed by atoms with van der Waals surface area (Å²) in [6.45, 7) is 4.08. The quantitative estimate of drug-likeness (QED) is 0.861.